The van der Waals surface area contributed by atoms with Gasteiger partial charge in [-0.15, -0.1) is 11.3 Å². The molecule has 29 heavy (non-hydrogen) atoms. The quantitative estimate of drug-likeness (QED) is 0.184. The Bertz CT molecular complexity index is 827. The first kappa shape index (κ1) is 24.1. The molecule has 1 saturated heterocycles. The molecule has 0 bridgehead atoms. The summed E-state index contributed by atoms with van der Waals surface area (Å²) in [5.41, 5.74) is 0.173. The van der Waals surface area contributed by atoms with Gasteiger partial charge in [0.25, 0.3) is 5.91 Å². The lowest BCUT2D eigenvalue weighted by molar-refractivity contribution is -0.163. The van der Waals surface area contributed by atoms with Gasteiger partial charge in [-0.25, -0.2) is 9.00 Å². The van der Waals surface area contributed by atoms with Crippen molar-refractivity contribution in [3.05, 3.63) is 34.5 Å². The molecule has 2 heterocycles. The van der Waals surface area contributed by atoms with Gasteiger partial charge in [0.1, 0.15) is 12.6 Å². The maximum absolute atomic E-state index is 12.6. The SMILES string of the molecule is C=C(C)C(C(=O)OCC(Cl)(Cl)Cl)N1C(=O)C(NC(=O)Cc2cccs2)C1S(=O)O. The first-order valence-corrected chi connectivity index (χ1v) is 11.2. The molecule has 1 aromatic heterocycles. The standard InChI is InChI=1S/C16H17Cl3N2O6S2/c1-8(2)12(15(24)27-7-16(17,18)19)21-13(23)11(14(21)29(25)26)20-10(22)6-9-4-3-5-28-9/h3-5,11-12,14H,1,6-7H2,2H3,(H,20,22)(H,25,26). The minimum atomic E-state index is -2.57. The minimum Gasteiger partial charge on any atom is -0.459 e. The van der Waals surface area contributed by atoms with Crippen LogP contribution < -0.4 is 5.32 Å². The van der Waals surface area contributed by atoms with E-state index in [4.69, 9.17) is 39.5 Å². The van der Waals surface area contributed by atoms with Gasteiger partial charge in [0.15, 0.2) is 22.5 Å². The molecule has 1 fully saturated rings. The predicted molar refractivity (Wildman–Crippen MR) is 111 cm³/mol. The highest BCUT2D eigenvalue weighted by molar-refractivity contribution is 7.80. The summed E-state index contributed by atoms with van der Waals surface area (Å²) in [6, 6.07) is 0.881. The molecule has 1 aromatic rings. The fraction of sp³-hybridized carbons (Fsp3) is 0.438. The number of carbonyl (C=O) groups excluding carboxylic acids is 3. The zero-order valence-electron chi connectivity index (χ0n) is 15.0. The second-order valence-corrected chi connectivity index (χ2v) is 10.8. The molecule has 0 spiro atoms. The summed E-state index contributed by atoms with van der Waals surface area (Å²) in [7, 11) is 0. The van der Waals surface area contributed by atoms with Crippen molar-refractivity contribution in [2.45, 2.75) is 34.6 Å². The summed E-state index contributed by atoms with van der Waals surface area (Å²) in [6.07, 6.45) is 0.0153. The summed E-state index contributed by atoms with van der Waals surface area (Å²) in [5.74, 6) is -2.20. The third kappa shape index (κ3) is 6.16. The topological polar surface area (TPSA) is 113 Å². The van der Waals surface area contributed by atoms with Crippen LogP contribution in [0.2, 0.25) is 0 Å². The lowest BCUT2D eigenvalue weighted by Crippen LogP contribution is -2.75. The Balaban J connectivity index is 2.13. The molecule has 0 aliphatic carbocycles. The number of carbonyl (C=O) groups is 3. The number of rotatable bonds is 8. The zero-order chi connectivity index (χ0) is 21.9. The number of hydrogen-bond donors (Lipinski definition) is 2. The zero-order valence-corrected chi connectivity index (χ0v) is 18.9. The van der Waals surface area contributed by atoms with Gasteiger partial charge < -0.3 is 19.5 Å². The molecule has 1 aliphatic rings. The van der Waals surface area contributed by atoms with Gasteiger partial charge in [-0.1, -0.05) is 47.4 Å². The van der Waals surface area contributed by atoms with Gasteiger partial charge in [-0.05, 0) is 23.9 Å². The van der Waals surface area contributed by atoms with Crippen LogP contribution in [0.3, 0.4) is 0 Å². The summed E-state index contributed by atoms with van der Waals surface area (Å²) < 4.78 is 24.5. The summed E-state index contributed by atoms with van der Waals surface area (Å²) in [6.45, 7) is 4.48. The minimum absolute atomic E-state index is 0.0153. The number of alkyl halides is 3. The van der Waals surface area contributed by atoms with Crippen molar-refractivity contribution < 1.29 is 27.9 Å². The van der Waals surface area contributed by atoms with Crippen molar-refractivity contribution in [3.63, 3.8) is 0 Å². The maximum atomic E-state index is 12.6. The average molecular weight is 504 g/mol. The van der Waals surface area contributed by atoms with E-state index in [-0.39, 0.29) is 12.0 Å². The van der Waals surface area contributed by atoms with Gasteiger partial charge in [0, 0.05) is 4.88 Å². The second kappa shape index (κ2) is 9.76. The van der Waals surface area contributed by atoms with Crippen LogP contribution in [0.1, 0.15) is 11.8 Å². The van der Waals surface area contributed by atoms with Gasteiger partial charge in [-0.3, -0.25) is 9.59 Å². The number of halogens is 3. The van der Waals surface area contributed by atoms with E-state index >= 15 is 0 Å². The molecule has 4 atom stereocenters. The Morgan fingerprint density at radius 1 is 1.48 bits per heavy atom. The monoisotopic (exact) mass is 502 g/mol. The van der Waals surface area contributed by atoms with Crippen LogP contribution in [-0.2, 0) is 36.6 Å². The number of nitrogens with one attached hydrogen (secondary N) is 1. The largest absolute Gasteiger partial charge is 0.459 e. The normalized spacial score (nSPS) is 21.1. The van der Waals surface area contributed by atoms with Crippen LogP contribution in [0.5, 0.6) is 0 Å². The van der Waals surface area contributed by atoms with E-state index in [2.05, 4.69) is 11.9 Å². The fourth-order valence-corrected chi connectivity index (χ4v) is 4.39. The van der Waals surface area contributed by atoms with E-state index in [0.717, 1.165) is 9.78 Å². The summed E-state index contributed by atoms with van der Waals surface area (Å²) in [5, 5.41) is 2.87. The maximum Gasteiger partial charge on any atom is 0.333 e. The molecule has 8 nitrogen and oxygen atoms in total. The number of esters is 1. The van der Waals surface area contributed by atoms with Gasteiger partial charge in [0.2, 0.25) is 9.70 Å². The lowest BCUT2D eigenvalue weighted by atomic mass is 9.99. The van der Waals surface area contributed by atoms with Crippen molar-refractivity contribution in [1.29, 1.82) is 0 Å². The smallest absolute Gasteiger partial charge is 0.333 e. The molecule has 160 valence electrons. The van der Waals surface area contributed by atoms with Crippen LogP contribution in [0.25, 0.3) is 0 Å². The van der Waals surface area contributed by atoms with Crippen molar-refractivity contribution in [3.8, 4) is 0 Å². The highest BCUT2D eigenvalue weighted by atomic mass is 35.6. The number of likely N-dealkylation sites (tertiary alicyclic amines) is 1. The average Bonchev–Trinajstić information content (AvgIpc) is 3.09. The van der Waals surface area contributed by atoms with Crippen molar-refractivity contribution in [1.82, 2.24) is 10.2 Å². The van der Waals surface area contributed by atoms with E-state index in [0.29, 0.717) is 0 Å². The van der Waals surface area contributed by atoms with Crippen molar-refractivity contribution >= 4 is 75.0 Å². The number of thiophene rings is 1. The molecule has 1 aliphatic heterocycles. The number of ether oxygens (including phenoxy) is 1. The second-order valence-electron chi connectivity index (χ2n) is 6.19. The Morgan fingerprint density at radius 2 is 2.14 bits per heavy atom. The molecule has 2 amide bonds. The molecule has 0 aromatic carbocycles. The molecule has 4 unspecified atom stereocenters. The van der Waals surface area contributed by atoms with Gasteiger partial charge in [-0.2, -0.15) is 0 Å². The number of hydrogen-bond acceptors (Lipinski definition) is 6. The summed E-state index contributed by atoms with van der Waals surface area (Å²) >= 11 is 15.4. The Morgan fingerprint density at radius 3 is 2.62 bits per heavy atom. The van der Waals surface area contributed by atoms with E-state index in [1.807, 2.05) is 0 Å². The predicted octanol–water partition coefficient (Wildman–Crippen LogP) is 2.02. The van der Waals surface area contributed by atoms with Gasteiger partial charge >= 0.3 is 5.97 Å². The number of amides is 2. The van der Waals surface area contributed by atoms with Crippen molar-refractivity contribution in [2.24, 2.45) is 0 Å². The van der Waals surface area contributed by atoms with Crippen LogP contribution in [-0.4, -0.2) is 59.3 Å². The third-order valence-corrected chi connectivity index (χ3v) is 5.98. The third-order valence-electron chi connectivity index (χ3n) is 3.86. The Kier molecular flexibility index (Phi) is 8.11. The molecule has 0 saturated carbocycles. The van der Waals surface area contributed by atoms with Gasteiger partial charge in [0.05, 0.1) is 6.42 Å². The molecule has 0 radical (unpaired) electrons. The van der Waals surface area contributed by atoms with Crippen LogP contribution in [0, 0.1) is 0 Å². The lowest BCUT2D eigenvalue weighted by Gasteiger charge is -2.48. The Hall–Kier alpha value is -1.17. The van der Waals surface area contributed by atoms with E-state index in [1.54, 1.807) is 17.5 Å². The van der Waals surface area contributed by atoms with E-state index < -0.39 is 56.7 Å². The molecule has 13 heteroatoms. The molecular formula is C16H17Cl3N2O6S2. The molecule has 2 N–H and O–H groups in total. The summed E-state index contributed by atoms with van der Waals surface area (Å²) in [4.78, 5) is 38.8. The number of nitrogens with zero attached hydrogens (tertiary/aromatic N) is 1. The van der Waals surface area contributed by atoms with E-state index in [9.17, 15) is 23.1 Å². The highest BCUT2D eigenvalue weighted by Crippen LogP contribution is 2.31. The highest BCUT2D eigenvalue weighted by Gasteiger charge is 2.56. The molecule has 2 rings (SSSR count). The first-order valence-electron chi connectivity index (χ1n) is 8.04. The first-order chi connectivity index (χ1) is 13.4. The van der Waals surface area contributed by atoms with Crippen LogP contribution in [0.15, 0.2) is 29.7 Å². The van der Waals surface area contributed by atoms with Crippen molar-refractivity contribution in [2.75, 3.05) is 6.61 Å². The Labute approximate surface area is 188 Å². The molecular weight excluding hydrogens is 487 g/mol. The van der Waals surface area contributed by atoms with E-state index in [1.165, 1.54) is 18.3 Å². The number of β-lactam (4-membered cyclic amide) rings is 1. The fourth-order valence-electron chi connectivity index (χ4n) is 2.69. The van der Waals surface area contributed by atoms with Crippen LogP contribution in [0.4, 0.5) is 0 Å². The van der Waals surface area contributed by atoms with Crippen LogP contribution >= 0.6 is 46.1 Å².